The third-order valence-electron chi connectivity index (χ3n) is 5.75. The summed E-state index contributed by atoms with van der Waals surface area (Å²) in [7, 11) is 0. The van der Waals surface area contributed by atoms with Gasteiger partial charge in [0.2, 0.25) is 0 Å². The van der Waals surface area contributed by atoms with E-state index < -0.39 is 0 Å². The Kier molecular flexibility index (Phi) is 7.34. The molecule has 0 unspecified atom stereocenters. The lowest BCUT2D eigenvalue weighted by atomic mass is 10.0. The maximum Gasteiger partial charge on any atom is 0.329 e. The number of nitrogens with zero attached hydrogens (tertiary/aromatic N) is 6. The topological polar surface area (TPSA) is 94.3 Å². The summed E-state index contributed by atoms with van der Waals surface area (Å²) in [5.74, 6) is 0.602. The first-order chi connectivity index (χ1) is 16.1. The summed E-state index contributed by atoms with van der Waals surface area (Å²) in [5, 5.41) is 14.8. The highest BCUT2D eigenvalue weighted by Crippen LogP contribution is 2.29. The molecule has 0 amide bonds. The molecule has 0 atom stereocenters. The number of unbranched alkanes of at least 4 members (excludes halogenated alkanes) is 2. The lowest BCUT2D eigenvalue weighted by Gasteiger charge is -2.09. The van der Waals surface area contributed by atoms with Crippen molar-refractivity contribution in [3.05, 3.63) is 69.6 Å². The quantitative estimate of drug-likeness (QED) is 0.365. The van der Waals surface area contributed by atoms with Gasteiger partial charge in [-0.1, -0.05) is 68.6 Å². The first kappa shape index (κ1) is 22.9. The predicted molar refractivity (Wildman–Crippen MR) is 129 cm³/mol. The fourth-order valence-corrected chi connectivity index (χ4v) is 4.27. The van der Waals surface area contributed by atoms with E-state index in [0.29, 0.717) is 24.1 Å². The second kappa shape index (κ2) is 10.6. The zero-order chi connectivity index (χ0) is 23.2. The van der Waals surface area contributed by atoms with Gasteiger partial charge in [-0.05, 0) is 41.3 Å². The van der Waals surface area contributed by atoms with Crippen LogP contribution in [0.5, 0.6) is 0 Å². The minimum absolute atomic E-state index is 0.0615. The van der Waals surface area contributed by atoms with Gasteiger partial charge in [0.15, 0.2) is 5.82 Å². The zero-order valence-corrected chi connectivity index (χ0v) is 19.7. The number of tetrazole rings is 1. The Bertz CT molecular complexity index is 1240. The average Bonchev–Trinajstić information content (AvgIpc) is 3.45. The summed E-state index contributed by atoms with van der Waals surface area (Å²) in [6.07, 6.45) is 6.55. The first-order valence-corrected chi connectivity index (χ1v) is 11.8. The summed E-state index contributed by atoms with van der Waals surface area (Å²) in [5.41, 5.74) is 4.46. The normalized spacial score (nSPS) is 11.2. The number of hydrogen-bond acceptors (Lipinski definition) is 5. The van der Waals surface area contributed by atoms with E-state index in [2.05, 4.69) is 39.5 Å². The summed E-state index contributed by atoms with van der Waals surface area (Å²) in [6, 6.07) is 11.9. The van der Waals surface area contributed by atoms with E-state index in [9.17, 15) is 4.79 Å². The molecule has 0 spiro atoms. The predicted octanol–water partition coefficient (Wildman–Crippen LogP) is 4.74. The van der Waals surface area contributed by atoms with Crippen molar-refractivity contribution in [2.24, 2.45) is 0 Å². The number of halogens is 1. The van der Waals surface area contributed by atoms with Crippen LogP contribution in [-0.2, 0) is 19.5 Å². The molecule has 0 aliphatic rings. The van der Waals surface area contributed by atoms with Crippen LogP contribution in [-0.4, -0.2) is 34.7 Å². The van der Waals surface area contributed by atoms with Crippen LogP contribution >= 0.6 is 11.6 Å². The molecule has 0 saturated carbocycles. The van der Waals surface area contributed by atoms with Crippen LogP contribution in [0.3, 0.4) is 0 Å². The number of hydrogen-bond donors (Lipinski definition) is 1. The maximum absolute atomic E-state index is 13.1. The fraction of sp³-hybridized carbons (Fsp3) is 0.375. The van der Waals surface area contributed by atoms with Gasteiger partial charge in [0.1, 0.15) is 5.15 Å². The second-order valence-electron chi connectivity index (χ2n) is 8.05. The van der Waals surface area contributed by atoms with Gasteiger partial charge in [-0.25, -0.2) is 9.89 Å². The van der Waals surface area contributed by atoms with Crippen LogP contribution in [0.15, 0.2) is 47.4 Å². The molecule has 9 heteroatoms. The van der Waals surface area contributed by atoms with Crippen molar-refractivity contribution in [1.29, 1.82) is 0 Å². The largest absolute Gasteiger partial charge is 0.329 e. The van der Waals surface area contributed by atoms with Crippen molar-refractivity contribution in [3.8, 4) is 22.5 Å². The first-order valence-electron chi connectivity index (χ1n) is 11.4. The van der Waals surface area contributed by atoms with Crippen LogP contribution in [0.4, 0.5) is 0 Å². The number of aromatic nitrogens is 7. The van der Waals surface area contributed by atoms with E-state index in [4.69, 9.17) is 11.6 Å². The van der Waals surface area contributed by atoms with Gasteiger partial charge >= 0.3 is 5.69 Å². The van der Waals surface area contributed by atoms with Crippen molar-refractivity contribution in [1.82, 2.24) is 34.7 Å². The third kappa shape index (κ3) is 4.90. The Morgan fingerprint density at radius 3 is 2.45 bits per heavy atom. The van der Waals surface area contributed by atoms with E-state index in [1.165, 1.54) is 0 Å². The Hall–Kier alpha value is -3.26. The zero-order valence-electron chi connectivity index (χ0n) is 19.0. The third-order valence-corrected chi connectivity index (χ3v) is 6.17. The van der Waals surface area contributed by atoms with Crippen molar-refractivity contribution in [3.63, 3.8) is 0 Å². The number of nitrogens with one attached hydrogen (secondary N) is 1. The molecule has 0 radical (unpaired) electrons. The molecular formula is C24H28ClN7O. The Labute approximate surface area is 197 Å². The van der Waals surface area contributed by atoms with E-state index in [1.807, 2.05) is 42.6 Å². The molecule has 0 aliphatic heterocycles. The van der Waals surface area contributed by atoms with Crippen molar-refractivity contribution in [2.45, 2.75) is 59.0 Å². The van der Waals surface area contributed by atoms with Crippen LogP contribution in [0.2, 0.25) is 5.15 Å². The molecule has 3 heterocycles. The number of rotatable bonds is 10. The van der Waals surface area contributed by atoms with Crippen molar-refractivity contribution in [2.75, 3.05) is 0 Å². The van der Waals surface area contributed by atoms with Crippen LogP contribution in [0.25, 0.3) is 22.5 Å². The summed E-state index contributed by atoms with van der Waals surface area (Å²) < 4.78 is 3.48. The molecule has 8 nitrogen and oxygen atoms in total. The van der Waals surface area contributed by atoms with E-state index >= 15 is 0 Å². The maximum atomic E-state index is 13.1. The van der Waals surface area contributed by atoms with Gasteiger partial charge < -0.3 is 0 Å². The standard InChI is InChI=1S/C24H28ClN7O/c1-3-5-11-21-22(25)31(14-6-4-2)24(33)32(21)16-18-13-12-17(15-26-18)19-9-7-8-10-20(19)23-27-29-30-28-23/h7-10,12-13,15H,3-6,11,14,16H2,1-2H3,(H,27,28,29,30). The summed E-state index contributed by atoms with van der Waals surface area (Å²) in [6.45, 7) is 5.28. The molecule has 4 rings (SSSR count). The van der Waals surface area contributed by atoms with E-state index in [-0.39, 0.29) is 5.69 Å². The summed E-state index contributed by atoms with van der Waals surface area (Å²) >= 11 is 6.65. The number of pyridine rings is 1. The Balaban J connectivity index is 1.64. The van der Waals surface area contributed by atoms with Gasteiger partial charge in [-0.15, -0.1) is 5.10 Å². The fourth-order valence-electron chi connectivity index (χ4n) is 3.92. The molecule has 172 valence electrons. The molecule has 0 fully saturated rings. The summed E-state index contributed by atoms with van der Waals surface area (Å²) in [4.78, 5) is 17.8. The van der Waals surface area contributed by atoms with E-state index in [1.54, 1.807) is 9.13 Å². The molecule has 1 N–H and O–H groups in total. The molecule has 33 heavy (non-hydrogen) atoms. The van der Waals surface area contributed by atoms with Gasteiger partial charge in [0.25, 0.3) is 0 Å². The average molecular weight is 466 g/mol. The minimum atomic E-state index is -0.0615. The van der Waals surface area contributed by atoms with Crippen LogP contribution < -0.4 is 5.69 Å². The molecule has 0 bridgehead atoms. The van der Waals surface area contributed by atoms with Gasteiger partial charge in [0.05, 0.1) is 17.9 Å². The van der Waals surface area contributed by atoms with Gasteiger partial charge in [0, 0.05) is 23.9 Å². The SMILES string of the molecule is CCCCc1c(Cl)n(CCCC)c(=O)n1Cc1ccc(-c2ccccc2-c2nnn[nH]2)cn1. The molecule has 0 saturated heterocycles. The van der Waals surface area contributed by atoms with Crippen LogP contribution in [0.1, 0.15) is 50.9 Å². The molecule has 4 aromatic rings. The van der Waals surface area contributed by atoms with Gasteiger partial charge in [-0.2, -0.15) is 0 Å². The molecule has 3 aromatic heterocycles. The number of imidazole rings is 1. The number of benzene rings is 1. The van der Waals surface area contributed by atoms with Crippen molar-refractivity contribution < 1.29 is 0 Å². The van der Waals surface area contributed by atoms with Crippen LogP contribution in [0, 0.1) is 0 Å². The monoisotopic (exact) mass is 465 g/mol. The smallest absolute Gasteiger partial charge is 0.289 e. The molecule has 1 aromatic carbocycles. The minimum Gasteiger partial charge on any atom is -0.289 e. The van der Waals surface area contributed by atoms with E-state index in [0.717, 1.165) is 60.2 Å². The second-order valence-corrected chi connectivity index (χ2v) is 8.41. The molecular weight excluding hydrogens is 438 g/mol. The Morgan fingerprint density at radius 1 is 1.00 bits per heavy atom. The molecule has 0 aliphatic carbocycles. The number of aromatic amines is 1. The lowest BCUT2D eigenvalue weighted by Crippen LogP contribution is -2.26. The number of H-pyrrole nitrogens is 1. The van der Waals surface area contributed by atoms with Gasteiger partial charge in [-0.3, -0.25) is 14.1 Å². The highest BCUT2D eigenvalue weighted by molar-refractivity contribution is 6.30. The highest BCUT2D eigenvalue weighted by Gasteiger charge is 2.18. The highest BCUT2D eigenvalue weighted by atomic mass is 35.5. The Morgan fingerprint density at radius 2 is 1.79 bits per heavy atom. The lowest BCUT2D eigenvalue weighted by molar-refractivity contribution is 0.589. The van der Waals surface area contributed by atoms with Crippen molar-refractivity contribution >= 4 is 11.6 Å².